The van der Waals surface area contributed by atoms with Crippen LogP contribution in [-0.2, 0) is 6.54 Å². The highest BCUT2D eigenvalue weighted by atomic mass is 79.9. The highest BCUT2D eigenvalue weighted by Gasteiger charge is 2.09. The van der Waals surface area contributed by atoms with Crippen LogP contribution < -0.4 is 0 Å². The minimum Gasteiger partial charge on any atom is -0.264 e. The standard InChI is InChI=1S/C12H15BrN4/c1-3-11(13)12-8-17(16-15-12)7-10-4-9(2)5-14-6-10/h4-6,8,11H,3,7H2,1-2H3. The van der Waals surface area contributed by atoms with Crippen LogP contribution in [0.2, 0.25) is 0 Å². The van der Waals surface area contributed by atoms with Gasteiger partial charge in [0.2, 0.25) is 0 Å². The SMILES string of the molecule is CCC(Br)c1cn(Cc2cncc(C)c2)nn1. The van der Waals surface area contributed by atoms with Gasteiger partial charge in [0.25, 0.3) is 0 Å². The normalized spacial score (nSPS) is 12.6. The zero-order valence-electron chi connectivity index (χ0n) is 9.97. The Hall–Kier alpha value is -1.23. The Bertz CT molecular complexity index is 495. The summed E-state index contributed by atoms with van der Waals surface area (Å²) in [4.78, 5) is 4.45. The Labute approximate surface area is 109 Å². The van der Waals surface area contributed by atoms with Crippen molar-refractivity contribution in [3.05, 3.63) is 41.5 Å². The fourth-order valence-corrected chi connectivity index (χ4v) is 1.84. The zero-order valence-corrected chi connectivity index (χ0v) is 11.6. The lowest BCUT2D eigenvalue weighted by Crippen LogP contribution is -2.01. The van der Waals surface area contributed by atoms with Gasteiger partial charge in [-0.05, 0) is 24.5 Å². The number of halogens is 1. The van der Waals surface area contributed by atoms with Gasteiger partial charge in [0, 0.05) is 18.6 Å². The summed E-state index contributed by atoms with van der Waals surface area (Å²) in [6.07, 6.45) is 6.69. The van der Waals surface area contributed by atoms with Gasteiger partial charge in [-0.3, -0.25) is 4.98 Å². The Morgan fingerprint density at radius 3 is 2.94 bits per heavy atom. The van der Waals surface area contributed by atoms with E-state index < -0.39 is 0 Å². The number of aromatic nitrogens is 4. The van der Waals surface area contributed by atoms with Crippen LogP contribution in [0.5, 0.6) is 0 Å². The second kappa shape index (κ2) is 5.40. The number of rotatable bonds is 4. The third-order valence-corrected chi connectivity index (χ3v) is 3.63. The van der Waals surface area contributed by atoms with E-state index in [2.05, 4.69) is 44.2 Å². The predicted molar refractivity (Wildman–Crippen MR) is 70.1 cm³/mol. The second-order valence-corrected chi connectivity index (χ2v) is 5.19. The van der Waals surface area contributed by atoms with E-state index in [1.54, 1.807) is 0 Å². The van der Waals surface area contributed by atoms with E-state index in [1.807, 2.05) is 30.2 Å². The number of pyridine rings is 1. The molecule has 0 amide bonds. The van der Waals surface area contributed by atoms with E-state index in [0.717, 1.165) is 23.2 Å². The molecule has 4 nitrogen and oxygen atoms in total. The molecule has 0 spiro atoms. The molecule has 2 aromatic heterocycles. The fraction of sp³-hybridized carbons (Fsp3) is 0.417. The third kappa shape index (κ3) is 3.12. The first-order valence-electron chi connectivity index (χ1n) is 5.63. The molecule has 0 aliphatic heterocycles. The molecule has 0 saturated carbocycles. The van der Waals surface area contributed by atoms with Gasteiger partial charge in [-0.15, -0.1) is 5.10 Å². The van der Waals surface area contributed by atoms with Crippen LogP contribution in [0, 0.1) is 6.92 Å². The van der Waals surface area contributed by atoms with Gasteiger partial charge in [-0.25, -0.2) is 4.68 Å². The molecule has 17 heavy (non-hydrogen) atoms. The Morgan fingerprint density at radius 2 is 2.24 bits per heavy atom. The molecule has 5 heteroatoms. The van der Waals surface area contributed by atoms with Gasteiger partial charge in [0.05, 0.1) is 17.1 Å². The summed E-state index contributed by atoms with van der Waals surface area (Å²) in [6, 6.07) is 2.11. The Morgan fingerprint density at radius 1 is 1.41 bits per heavy atom. The van der Waals surface area contributed by atoms with Gasteiger partial charge < -0.3 is 0 Å². The predicted octanol–water partition coefficient (Wildman–Crippen LogP) is 2.88. The molecule has 1 atom stereocenters. The van der Waals surface area contributed by atoms with Crippen molar-refractivity contribution in [3.8, 4) is 0 Å². The van der Waals surface area contributed by atoms with Crippen molar-refractivity contribution in [1.29, 1.82) is 0 Å². The minimum absolute atomic E-state index is 0.284. The maximum absolute atomic E-state index is 4.17. The van der Waals surface area contributed by atoms with Crippen LogP contribution in [0.15, 0.2) is 24.7 Å². The maximum atomic E-state index is 4.17. The van der Waals surface area contributed by atoms with Crippen molar-refractivity contribution in [2.24, 2.45) is 0 Å². The highest BCUT2D eigenvalue weighted by Crippen LogP contribution is 2.23. The first-order valence-corrected chi connectivity index (χ1v) is 6.55. The summed E-state index contributed by atoms with van der Waals surface area (Å²) in [5, 5.41) is 8.27. The van der Waals surface area contributed by atoms with E-state index >= 15 is 0 Å². The van der Waals surface area contributed by atoms with Crippen LogP contribution in [0.3, 0.4) is 0 Å². The first kappa shape index (κ1) is 12.2. The second-order valence-electron chi connectivity index (χ2n) is 4.09. The summed E-state index contributed by atoms with van der Waals surface area (Å²) in [5.74, 6) is 0. The number of nitrogens with zero attached hydrogens (tertiary/aromatic N) is 4. The lowest BCUT2D eigenvalue weighted by molar-refractivity contribution is 0.647. The molecule has 0 bridgehead atoms. The van der Waals surface area contributed by atoms with E-state index in [1.165, 1.54) is 0 Å². The minimum atomic E-state index is 0.284. The van der Waals surface area contributed by atoms with Crippen LogP contribution in [0.25, 0.3) is 0 Å². The van der Waals surface area contributed by atoms with E-state index in [-0.39, 0.29) is 4.83 Å². The van der Waals surface area contributed by atoms with Crippen LogP contribution in [0.4, 0.5) is 0 Å². The summed E-state index contributed by atoms with van der Waals surface area (Å²) < 4.78 is 1.84. The molecule has 2 aromatic rings. The van der Waals surface area contributed by atoms with Gasteiger partial charge in [0.15, 0.2) is 0 Å². The van der Waals surface area contributed by atoms with E-state index in [4.69, 9.17) is 0 Å². The monoisotopic (exact) mass is 294 g/mol. The molecule has 2 rings (SSSR count). The molecule has 0 fully saturated rings. The topological polar surface area (TPSA) is 43.6 Å². The van der Waals surface area contributed by atoms with Gasteiger partial charge >= 0.3 is 0 Å². The molecule has 0 aliphatic rings. The highest BCUT2D eigenvalue weighted by molar-refractivity contribution is 9.09. The molecule has 0 aliphatic carbocycles. The van der Waals surface area contributed by atoms with Gasteiger partial charge in [-0.1, -0.05) is 34.1 Å². The summed E-state index contributed by atoms with van der Waals surface area (Å²) >= 11 is 3.57. The van der Waals surface area contributed by atoms with Crippen molar-refractivity contribution in [3.63, 3.8) is 0 Å². The van der Waals surface area contributed by atoms with Crippen molar-refractivity contribution in [2.75, 3.05) is 0 Å². The molecule has 1 unspecified atom stereocenters. The molecular formula is C12H15BrN4. The van der Waals surface area contributed by atoms with Crippen LogP contribution in [0.1, 0.15) is 35.0 Å². The fourth-order valence-electron chi connectivity index (χ4n) is 1.63. The van der Waals surface area contributed by atoms with Crippen molar-refractivity contribution >= 4 is 15.9 Å². The van der Waals surface area contributed by atoms with Crippen LogP contribution >= 0.6 is 15.9 Å². The Balaban J connectivity index is 2.11. The molecule has 0 aromatic carbocycles. The lowest BCUT2D eigenvalue weighted by Gasteiger charge is -2.02. The van der Waals surface area contributed by atoms with Gasteiger partial charge in [0.1, 0.15) is 0 Å². The first-order chi connectivity index (χ1) is 8.19. The molecule has 0 radical (unpaired) electrons. The van der Waals surface area contributed by atoms with Gasteiger partial charge in [-0.2, -0.15) is 0 Å². The van der Waals surface area contributed by atoms with Crippen LogP contribution in [-0.4, -0.2) is 20.0 Å². The Kier molecular flexibility index (Phi) is 3.89. The third-order valence-electron chi connectivity index (χ3n) is 2.51. The van der Waals surface area contributed by atoms with E-state index in [9.17, 15) is 0 Å². The summed E-state index contributed by atoms with van der Waals surface area (Å²) in [5.41, 5.74) is 3.28. The number of alkyl halides is 1. The number of aryl methyl sites for hydroxylation is 1. The quantitative estimate of drug-likeness (QED) is 0.815. The number of hydrogen-bond donors (Lipinski definition) is 0. The molecule has 90 valence electrons. The van der Waals surface area contributed by atoms with Crippen molar-refractivity contribution in [2.45, 2.75) is 31.6 Å². The molecule has 2 heterocycles. The average molecular weight is 295 g/mol. The lowest BCUT2D eigenvalue weighted by atomic mass is 10.2. The molecular weight excluding hydrogens is 280 g/mol. The number of hydrogen-bond acceptors (Lipinski definition) is 3. The average Bonchev–Trinajstić information content (AvgIpc) is 2.76. The molecule has 0 N–H and O–H groups in total. The van der Waals surface area contributed by atoms with Crippen molar-refractivity contribution in [1.82, 2.24) is 20.0 Å². The maximum Gasteiger partial charge on any atom is 0.0963 e. The summed E-state index contributed by atoms with van der Waals surface area (Å²) in [7, 11) is 0. The van der Waals surface area contributed by atoms with Crippen molar-refractivity contribution < 1.29 is 0 Å². The van der Waals surface area contributed by atoms with E-state index in [0.29, 0.717) is 6.54 Å². The smallest absolute Gasteiger partial charge is 0.0963 e. The molecule has 0 saturated heterocycles. The largest absolute Gasteiger partial charge is 0.264 e. The zero-order chi connectivity index (χ0) is 12.3. The summed E-state index contributed by atoms with van der Waals surface area (Å²) in [6.45, 7) is 4.86.